The zero-order valence-electron chi connectivity index (χ0n) is 13.4. The Kier molecular flexibility index (Phi) is 4.39. The van der Waals surface area contributed by atoms with E-state index in [0.29, 0.717) is 12.1 Å². The minimum Gasteiger partial charge on any atom is -0.496 e. The normalized spacial score (nSPS) is 12.8. The first-order valence-electron chi connectivity index (χ1n) is 7.24. The lowest BCUT2D eigenvalue weighted by Crippen LogP contribution is -2.11. The molecular weight excluding hydrogens is 337 g/mol. The van der Waals surface area contributed by atoms with Gasteiger partial charge in [-0.3, -0.25) is 0 Å². The standard InChI is InChI=1S/C18H13F3O4/c1-23-15-8-16-11(7-12(15)18(22)24-2)10(3-4-25-16)17-13(20)5-9(19)6-14(17)21/h3,5-8H,4H2,1-2H3. The molecule has 25 heavy (non-hydrogen) atoms. The molecule has 0 N–H and O–H groups in total. The van der Waals surface area contributed by atoms with Gasteiger partial charge in [-0.15, -0.1) is 0 Å². The summed E-state index contributed by atoms with van der Waals surface area (Å²) in [7, 11) is 2.57. The zero-order chi connectivity index (χ0) is 18.1. The molecule has 130 valence electrons. The maximum atomic E-state index is 14.2. The van der Waals surface area contributed by atoms with E-state index in [-0.39, 0.29) is 34.8 Å². The highest BCUT2D eigenvalue weighted by atomic mass is 19.1. The van der Waals surface area contributed by atoms with Crippen molar-refractivity contribution < 1.29 is 32.2 Å². The SMILES string of the molecule is COC(=O)c1cc2c(cc1OC)OCC=C2c1c(F)cc(F)cc1F. The first-order chi connectivity index (χ1) is 12.0. The van der Waals surface area contributed by atoms with Crippen molar-refractivity contribution in [3.05, 3.63) is 64.5 Å². The maximum absolute atomic E-state index is 14.2. The van der Waals surface area contributed by atoms with Crippen LogP contribution in [0.1, 0.15) is 21.5 Å². The molecule has 0 spiro atoms. The number of carbonyl (C=O) groups excluding carboxylic acids is 1. The lowest BCUT2D eigenvalue weighted by atomic mass is 9.92. The van der Waals surface area contributed by atoms with Gasteiger partial charge in [0, 0.05) is 23.8 Å². The molecular formula is C18H13F3O4. The molecule has 0 aromatic heterocycles. The Morgan fingerprint density at radius 1 is 1.08 bits per heavy atom. The van der Waals surface area contributed by atoms with Gasteiger partial charge < -0.3 is 14.2 Å². The van der Waals surface area contributed by atoms with E-state index in [2.05, 4.69) is 0 Å². The topological polar surface area (TPSA) is 44.8 Å². The van der Waals surface area contributed by atoms with Gasteiger partial charge in [0.2, 0.25) is 0 Å². The Morgan fingerprint density at radius 3 is 2.36 bits per heavy atom. The summed E-state index contributed by atoms with van der Waals surface area (Å²) >= 11 is 0. The average molecular weight is 350 g/mol. The monoisotopic (exact) mass is 350 g/mol. The highest BCUT2D eigenvalue weighted by molar-refractivity contribution is 5.96. The number of benzene rings is 2. The largest absolute Gasteiger partial charge is 0.496 e. The van der Waals surface area contributed by atoms with Crippen molar-refractivity contribution in [2.24, 2.45) is 0 Å². The molecule has 2 aromatic carbocycles. The van der Waals surface area contributed by atoms with Crippen molar-refractivity contribution >= 4 is 11.5 Å². The Bertz CT molecular complexity index is 867. The molecule has 1 aliphatic heterocycles. The number of halogens is 3. The molecule has 0 radical (unpaired) electrons. The molecule has 0 atom stereocenters. The first kappa shape index (κ1) is 16.9. The quantitative estimate of drug-likeness (QED) is 0.792. The molecule has 0 fully saturated rings. The van der Waals surface area contributed by atoms with Gasteiger partial charge in [-0.1, -0.05) is 0 Å². The van der Waals surface area contributed by atoms with Crippen LogP contribution in [0.4, 0.5) is 13.2 Å². The molecule has 0 saturated heterocycles. The number of rotatable bonds is 3. The highest BCUT2D eigenvalue weighted by Crippen LogP contribution is 2.40. The minimum atomic E-state index is -1.05. The van der Waals surface area contributed by atoms with Crippen LogP contribution in [0.2, 0.25) is 0 Å². The molecule has 1 aliphatic rings. The van der Waals surface area contributed by atoms with Crippen LogP contribution in [0, 0.1) is 17.5 Å². The van der Waals surface area contributed by atoms with Crippen molar-refractivity contribution in [3.63, 3.8) is 0 Å². The summed E-state index contributed by atoms with van der Waals surface area (Å²) in [4.78, 5) is 11.9. The number of esters is 1. The third kappa shape index (κ3) is 2.93. The zero-order valence-corrected chi connectivity index (χ0v) is 13.4. The van der Waals surface area contributed by atoms with Crippen molar-refractivity contribution in [2.45, 2.75) is 0 Å². The van der Waals surface area contributed by atoms with Gasteiger partial charge in [0.1, 0.15) is 41.1 Å². The van der Waals surface area contributed by atoms with Crippen LogP contribution in [-0.2, 0) is 4.74 Å². The van der Waals surface area contributed by atoms with Crippen LogP contribution in [-0.4, -0.2) is 26.8 Å². The van der Waals surface area contributed by atoms with E-state index >= 15 is 0 Å². The third-order valence-electron chi connectivity index (χ3n) is 3.80. The van der Waals surface area contributed by atoms with Gasteiger partial charge in [0.15, 0.2) is 0 Å². The number of hydrogen-bond donors (Lipinski definition) is 0. The van der Waals surface area contributed by atoms with Crippen LogP contribution in [0.3, 0.4) is 0 Å². The fourth-order valence-corrected chi connectivity index (χ4v) is 2.69. The van der Waals surface area contributed by atoms with E-state index < -0.39 is 29.0 Å². The second kappa shape index (κ2) is 6.51. The summed E-state index contributed by atoms with van der Waals surface area (Å²) in [5.41, 5.74) is 0.107. The van der Waals surface area contributed by atoms with Crippen LogP contribution in [0.5, 0.6) is 11.5 Å². The van der Waals surface area contributed by atoms with E-state index in [1.165, 1.54) is 32.4 Å². The minimum absolute atomic E-state index is 0.0549. The first-order valence-corrected chi connectivity index (χ1v) is 7.24. The van der Waals surface area contributed by atoms with Crippen molar-refractivity contribution in [1.82, 2.24) is 0 Å². The number of methoxy groups -OCH3 is 2. The van der Waals surface area contributed by atoms with Crippen molar-refractivity contribution in [1.29, 1.82) is 0 Å². The Morgan fingerprint density at radius 2 is 1.76 bits per heavy atom. The Labute approximate surface area is 141 Å². The number of ether oxygens (including phenoxy) is 3. The molecule has 0 saturated carbocycles. The maximum Gasteiger partial charge on any atom is 0.341 e. The van der Waals surface area contributed by atoms with E-state index in [9.17, 15) is 18.0 Å². The van der Waals surface area contributed by atoms with Crippen molar-refractivity contribution in [3.8, 4) is 11.5 Å². The lowest BCUT2D eigenvalue weighted by molar-refractivity contribution is 0.0597. The van der Waals surface area contributed by atoms with Crippen LogP contribution in [0.25, 0.3) is 5.57 Å². The molecule has 0 unspecified atom stereocenters. The van der Waals surface area contributed by atoms with E-state index in [1.807, 2.05) is 0 Å². The molecule has 4 nitrogen and oxygen atoms in total. The van der Waals surface area contributed by atoms with Crippen LogP contribution in [0.15, 0.2) is 30.3 Å². The Balaban J connectivity index is 2.22. The molecule has 7 heteroatoms. The predicted octanol–water partition coefficient (Wildman–Crippen LogP) is 3.72. The second-order valence-corrected chi connectivity index (χ2v) is 5.21. The van der Waals surface area contributed by atoms with E-state index in [4.69, 9.17) is 14.2 Å². The van der Waals surface area contributed by atoms with Crippen LogP contribution < -0.4 is 9.47 Å². The second-order valence-electron chi connectivity index (χ2n) is 5.21. The summed E-state index contributed by atoms with van der Waals surface area (Å²) in [6.45, 7) is 0.0549. The molecule has 0 aliphatic carbocycles. The summed E-state index contributed by atoms with van der Waals surface area (Å²) in [5, 5.41) is 0. The predicted molar refractivity (Wildman–Crippen MR) is 83.2 cm³/mol. The molecule has 2 aromatic rings. The number of carbonyl (C=O) groups is 1. The smallest absolute Gasteiger partial charge is 0.341 e. The lowest BCUT2D eigenvalue weighted by Gasteiger charge is -2.21. The molecule has 0 amide bonds. The van der Waals surface area contributed by atoms with Crippen LogP contribution >= 0.6 is 0 Å². The summed E-state index contributed by atoms with van der Waals surface area (Å²) < 4.78 is 56.8. The number of hydrogen-bond acceptors (Lipinski definition) is 4. The molecule has 3 rings (SSSR count). The van der Waals surface area contributed by atoms with E-state index in [1.54, 1.807) is 0 Å². The highest BCUT2D eigenvalue weighted by Gasteiger charge is 2.26. The molecule has 1 heterocycles. The summed E-state index contributed by atoms with van der Waals surface area (Å²) in [6, 6.07) is 4.00. The van der Waals surface area contributed by atoms with Gasteiger partial charge in [-0.25, -0.2) is 18.0 Å². The van der Waals surface area contributed by atoms with Crippen molar-refractivity contribution in [2.75, 3.05) is 20.8 Å². The van der Waals surface area contributed by atoms with Gasteiger partial charge >= 0.3 is 5.97 Å². The van der Waals surface area contributed by atoms with E-state index in [0.717, 1.165) is 0 Å². The van der Waals surface area contributed by atoms with Gasteiger partial charge in [-0.05, 0) is 17.7 Å². The fourth-order valence-electron chi connectivity index (χ4n) is 2.69. The van der Waals surface area contributed by atoms with Gasteiger partial charge in [0.25, 0.3) is 0 Å². The van der Waals surface area contributed by atoms with Gasteiger partial charge in [-0.2, -0.15) is 0 Å². The fraction of sp³-hybridized carbons (Fsp3) is 0.167. The summed E-state index contributed by atoms with van der Waals surface area (Å²) in [6.07, 6.45) is 1.45. The Hall–Kier alpha value is -2.96. The average Bonchev–Trinajstić information content (AvgIpc) is 2.59. The number of fused-ring (bicyclic) bond motifs is 1. The molecule has 0 bridgehead atoms. The summed E-state index contributed by atoms with van der Waals surface area (Å²) in [5.74, 6) is -3.31. The van der Waals surface area contributed by atoms with Gasteiger partial charge in [0.05, 0.1) is 19.8 Å². The third-order valence-corrected chi connectivity index (χ3v) is 3.80.